The second kappa shape index (κ2) is 8.82. The Morgan fingerprint density at radius 2 is 1.60 bits per heavy atom. The van der Waals surface area contributed by atoms with E-state index < -0.39 is 5.97 Å². The summed E-state index contributed by atoms with van der Waals surface area (Å²) in [6.45, 7) is 4.01. The van der Waals surface area contributed by atoms with Crippen LogP contribution in [0.25, 0.3) is 11.5 Å². The topological polar surface area (TPSA) is 75.9 Å². The number of benzene rings is 2. The van der Waals surface area contributed by atoms with Gasteiger partial charge in [-0.25, -0.2) is 9.78 Å². The number of hydrogen-bond donors (Lipinski definition) is 0. The number of piperazine rings is 1. The maximum Gasteiger partial charge on any atom is 0.361 e. The van der Waals surface area contributed by atoms with Gasteiger partial charge in [0.25, 0.3) is 5.91 Å². The van der Waals surface area contributed by atoms with Gasteiger partial charge in [-0.1, -0.05) is 36.4 Å². The van der Waals surface area contributed by atoms with Gasteiger partial charge in [-0.3, -0.25) is 4.79 Å². The van der Waals surface area contributed by atoms with E-state index in [1.807, 2.05) is 48.5 Å². The maximum absolute atomic E-state index is 12.5. The molecule has 1 amide bonds. The Bertz CT molecular complexity index is 1010. The molecule has 0 atom stereocenters. The van der Waals surface area contributed by atoms with Gasteiger partial charge in [0.1, 0.15) is 5.76 Å². The van der Waals surface area contributed by atoms with E-state index in [0.29, 0.717) is 24.7 Å². The zero-order chi connectivity index (χ0) is 20.9. The molecule has 3 aromatic rings. The van der Waals surface area contributed by atoms with Gasteiger partial charge in [-0.2, -0.15) is 0 Å². The highest BCUT2D eigenvalue weighted by Gasteiger charge is 2.24. The van der Waals surface area contributed by atoms with Crippen molar-refractivity contribution >= 4 is 17.6 Å². The third-order valence-electron chi connectivity index (χ3n) is 5.09. The Balaban J connectivity index is 1.30. The van der Waals surface area contributed by atoms with Crippen LogP contribution in [0, 0.1) is 6.92 Å². The first-order valence-electron chi connectivity index (χ1n) is 9.89. The van der Waals surface area contributed by atoms with Crippen LogP contribution < -0.4 is 4.90 Å². The Kier molecular flexibility index (Phi) is 5.79. The van der Waals surface area contributed by atoms with Crippen LogP contribution in [0.1, 0.15) is 16.2 Å². The molecule has 4 rings (SSSR count). The zero-order valence-corrected chi connectivity index (χ0v) is 16.8. The van der Waals surface area contributed by atoms with Crippen molar-refractivity contribution in [1.29, 1.82) is 0 Å². The van der Waals surface area contributed by atoms with E-state index in [0.717, 1.165) is 24.3 Å². The molecule has 0 spiro atoms. The smallest absolute Gasteiger partial charge is 0.361 e. The van der Waals surface area contributed by atoms with Crippen molar-refractivity contribution in [2.45, 2.75) is 6.92 Å². The van der Waals surface area contributed by atoms with Crippen LogP contribution in [0.2, 0.25) is 0 Å². The molecule has 30 heavy (non-hydrogen) atoms. The number of hydrogen-bond acceptors (Lipinski definition) is 6. The van der Waals surface area contributed by atoms with Crippen LogP contribution in [0.15, 0.2) is 65.1 Å². The van der Waals surface area contributed by atoms with Gasteiger partial charge in [0.15, 0.2) is 12.3 Å². The minimum absolute atomic E-state index is 0.0931. The zero-order valence-electron chi connectivity index (χ0n) is 16.8. The molecule has 7 heteroatoms. The molecule has 0 unspecified atom stereocenters. The molecule has 0 bridgehead atoms. The van der Waals surface area contributed by atoms with Crippen molar-refractivity contribution < 1.29 is 18.7 Å². The number of oxazole rings is 1. The predicted octanol–water partition coefficient (Wildman–Crippen LogP) is 3.16. The average Bonchev–Trinajstić information content (AvgIpc) is 3.20. The molecule has 2 aromatic carbocycles. The van der Waals surface area contributed by atoms with E-state index in [-0.39, 0.29) is 18.2 Å². The minimum Gasteiger partial charge on any atom is -0.451 e. The first-order valence-corrected chi connectivity index (χ1v) is 9.89. The van der Waals surface area contributed by atoms with Crippen LogP contribution in [-0.2, 0) is 9.53 Å². The van der Waals surface area contributed by atoms with Crippen LogP contribution in [0.3, 0.4) is 0 Å². The number of aryl methyl sites for hydroxylation is 1. The van der Waals surface area contributed by atoms with Gasteiger partial charge in [-0.05, 0) is 31.2 Å². The number of ether oxygens (including phenoxy) is 1. The van der Waals surface area contributed by atoms with Gasteiger partial charge in [0, 0.05) is 37.4 Å². The summed E-state index contributed by atoms with van der Waals surface area (Å²) in [5.41, 5.74) is 2.01. The lowest BCUT2D eigenvalue weighted by Crippen LogP contribution is -2.49. The average molecular weight is 405 g/mol. The SMILES string of the molecule is Cc1oc(-c2ccccc2)nc1C(=O)OCC(=O)N1CCN(c2ccccc2)CC1. The monoisotopic (exact) mass is 405 g/mol. The van der Waals surface area contributed by atoms with E-state index in [9.17, 15) is 9.59 Å². The molecule has 1 fully saturated rings. The normalized spacial score (nSPS) is 13.9. The fraction of sp³-hybridized carbons (Fsp3) is 0.261. The molecule has 0 N–H and O–H groups in total. The molecule has 0 saturated carbocycles. The van der Waals surface area contributed by atoms with Crippen molar-refractivity contribution in [1.82, 2.24) is 9.88 Å². The third-order valence-corrected chi connectivity index (χ3v) is 5.09. The lowest BCUT2D eigenvalue weighted by Gasteiger charge is -2.36. The number of esters is 1. The quantitative estimate of drug-likeness (QED) is 0.607. The summed E-state index contributed by atoms with van der Waals surface area (Å²) in [7, 11) is 0. The highest BCUT2D eigenvalue weighted by Crippen LogP contribution is 2.22. The Morgan fingerprint density at radius 3 is 2.27 bits per heavy atom. The molecule has 0 radical (unpaired) electrons. The summed E-state index contributed by atoms with van der Waals surface area (Å²) in [6.07, 6.45) is 0. The first-order chi connectivity index (χ1) is 14.6. The summed E-state index contributed by atoms with van der Waals surface area (Å²) in [5, 5.41) is 0. The molecule has 1 saturated heterocycles. The van der Waals surface area contributed by atoms with E-state index in [1.165, 1.54) is 0 Å². The number of para-hydroxylation sites is 1. The van der Waals surface area contributed by atoms with Gasteiger partial charge in [-0.15, -0.1) is 0 Å². The van der Waals surface area contributed by atoms with E-state index in [2.05, 4.69) is 22.0 Å². The summed E-state index contributed by atoms with van der Waals surface area (Å²) >= 11 is 0. The fourth-order valence-electron chi connectivity index (χ4n) is 3.43. The van der Waals surface area contributed by atoms with Crippen molar-refractivity contribution in [2.75, 3.05) is 37.7 Å². The Labute approximate surface area is 174 Å². The number of carbonyl (C=O) groups excluding carboxylic acids is 2. The highest BCUT2D eigenvalue weighted by molar-refractivity contribution is 5.91. The number of aromatic nitrogens is 1. The van der Waals surface area contributed by atoms with Gasteiger partial charge in [0.05, 0.1) is 0 Å². The second-order valence-electron chi connectivity index (χ2n) is 7.07. The maximum atomic E-state index is 12.5. The lowest BCUT2D eigenvalue weighted by molar-refractivity contribution is -0.134. The highest BCUT2D eigenvalue weighted by atomic mass is 16.5. The van der Waals surface area contributed by atoms with Crippen LogP contribution in [0.5, 0.6) is 0 Å². The molecular weight excluding hydrogens is 382 g/mol. The Hall–Kier alpha value is -3.61. The Morgan fingerprint density at radius 1 is 0.967 bits per heavy atom. The fourth-order valence-corrected chi connectivity index (χ4v) is 3.43. The summed E-state index contributed by atoms with van der Waals surface area (Å²) in [5.74, 6) is -0.151. The largest absolute Gasteiger partial charge is 0.451 e. The van der Waals surface area contributed by atoms with Crippen LogP contribution >= 0.6 is 0 Å². The number of anilines is 1. The van der Waals surface area contributed by atoms with E-state index in [1.54, 1.807) is 11.8 Å². The van der Waals surface area contributed by atoms with Gasteiger partial charge in [0.2, 0.25) is 5.89 Å². The summed E-state index contributed by atoms with van der Waals surface area (Å²) in [6, 6.07) is 19.4. The molecular formula is C23H23N3O4. The van der Waals surface area contributed by atoms with Crippen molar-refractivity contribution in [3.63, 3.8) is 0 Å². The van der Waals surface area contributed by atoms with Crippen molar-refractivity contribution in [3.05, 3.63) is 72.1 Å². The molecule has 1 aliphatic heterocycles. The summed E-state index contributed by atoms with van der Waals surface area (Å²) in [4.78, 5) is 33.1. The minimum atomic E-state index is -0.658. The molecule has 1 aromatic heterocycles. The molecule has 0 aliphatic carbocycles. The standard InChI is InChI=1S/C23H23N3O4/c1-17-21(24-22(30-17)18-8-4-2-5-9-18)23(28)29-16-20(27)26-14-12-25(13-15-26)19-10-6-3-7-11-19/h2-11H,12-16H2,1H3. The number of amides is 1. The molecule has 2 heterocycles. The summed E-state index contributed by atoms with van der Waals surface area (Å²) < 4.78 is 10.8. The molecule has 154 valence electrons. The van der Waals surface area contributed by atoms with E-state index >= 15 is 0 Å². The second-order valence-corrected chi connectivity index (χ2v) is 7.07. The van der Waals surface area contributed by atoms with Crippen LogP contribution in [0.4, 0.5) is 5.69 Å². The van der Waals surface area contributed by atoms with E-state index in [4.69, 9.17) is 9.15 Å². The van der Waals surface area contributed by atoms with Crippen LogP contribution in [-0.4, -0.2) is 54.5 Å². The number of rotatable bonds is 5. The van der Waals surface area contributed by atoms with Gasteiger partial charge >= 0.3 is 5.97 Å². The molecule has 7 nitrogen and oxygen atoms in total. The van der Waals surface area contributed by atoms with Crippen molar-refractivity contribution in [2.24, 2.45) is 0 Å². The number of carbonyl (C=O) groups is 2. The third kappa shape index (κ3) is 4.35. The van der Waals surface area contributed by atoms with Crippen molar-refractivity contribution in [3.8, 4) is 11.5 Å². The number of nitrogens with zero attached hydrogens (tertiary/aromatic N) is 3. The first kappa shape index (κ1) is 19.7. The lowest BCUT2D eigenvalue weighted by atomic mass is 10.2. The van der Waals surface area contributed by atoms with Gasteiger partial charge < -0.3 is 19.0 Å². The molecule has 1 aliphatic rings. The predicted molar refractivity (Wildman–Crippen MR) is 112 cm³/mol.